The third-order valence-corrected chi connectivity index (χ3v) is 5.33. The fraction of sp³-hybridized carbons (Fsp3) is 0.0952. The number of aromatic nitrogens is 4. The van der Waals surface area contributed by atoms with Gasteiger partial charge in [-0.25, -0.2) is 4.39 Å². The molecule has 2 aromatic heterocycles. The summed E-state index contributed by atoms with van der Waals surface area (Å²) in [7, 11) is 0. The summed E-state index contributed by atoms with van der Waals surface area (Å²) < 4.78 is 16.5. The van der Waals surface area contributed by atoms with E-state index in [9.17, 15) is 4.39 Å². The highest BCUT2D eigenvalue weighted by molar-refractivity contribution is 7.80. The maximum atomic E-state index is 13.0. The summed E-state index contributed by atoms with van der Waals surface area (Å²) in [5.41, 5.74) is 3.20. The normalized spacial score (nSPS) is 10.8. The lowest BCUT2D eigenvalue weighted by Gasteiger charge is -2.08. The average molecular weight is 475 g/mol. The van der Waals surface area contributed by atoms with Crippen molar-refractivity contribution in [3.63, 3.8) is 0 Å². The Morgan fingerprint density at radius 2 is 1.42 bits per heavy atom. The van der Waals surface area contributed by atoms with Crippen molar-refractivity contribution < 1.29 is 4.39 Å². The first kappa shape index (κ1) is 21.3. The predicted molar refractivity (Wildman–Crippen MR) is 125 cm³/mol. The number of nitrogens with zero attached hydrogens (tertiary/aromatic N) is 4. The number of hydrogen-bond donors (Lipinski definition) is 2. The number of nitrogens with one attached hydrogen (secondary N) is 2. The first-order valence-corrected chi connectivity index (χ1v) is 10.4. The molecule has 0 saturated heterocycles. The smallest absolute Gasteiger partial charge is 0.175 e. The molecule has 0 radical (unpaired) electrons. The SMILES string of the molecule is Fc1ccc(Cn2cc(NC(=S)Nc3cnn(Cc4c(Cl)cccc4Cl)c3)cn2)cc1. The standard InChI is InChI=1S/C21H17Cl2FN6S/c22-19-2-1-3-20(23)18(19)13-30-12-17(9-26-30)28-21(31)27-16-8-25-29(11-16)10-14-4-6-15(24)7-5-14/h1-9,11-12H,10,13H2,(H2,27,28,31). The van der Waals surface area contributed by atoms with Crippen LogP contribution >= 0.6 is 35.4 Å². The molecule has 6 nitrogen and oxygen atoms in total. The lowest BCUT2D eigenvalue weighted by Crippen LogP contribution is -2.18. The molecule has 158 valence electrons. The first-order valence-electron chi connectivity index (χ1n) is 9.26. The molecular weight excluding hydrogens is 458 g/mol. The van der Waals surface area contributed by atoms with E-state index in [1.54, 1.807) is 52.1 Å². The van der Waals surface area contributed by atoms with Crippen LogP contribution in [0.2, 0.25) is 10.0 Å². The Balaban J connectivity index is 1.33. The van der Waals surface area contributed by atoms with Crippen LogP contribution in [0.1, 0.15) is 11.1 Å². The van der Waals surface area contributed by atoms with E-state index in [4.69, 9.17) is 35.4 Å². The van der Waals surface area contributed by atoms with E-state index in [1.807, 2.05) is 12.4 Å². The highest BCUT2D eigenvalue weighted by Crippen LogP contribution is 2.25. The second kappa shape index (κ2) is 9.47. The molecule has 10 heteroatoms. The van der Waals surface area contributed by atoms with E-state index in [0.717, 1.165) is 22.5 Å². The summed E-state index contributed by atoms with van der Waals surface area (Å²) in [6, 6.07) is 11.7. The third-order valence-electron chi connectivity index (χ3n) is 4.42. The minimum absolute atomic E-state index is 0.263. The number of rotatable bonds is 6. The van der Waals surface area contributed by atoms with Crippen LogP contribution in [0.15, 0.2) is 67.3 Å². The van der Waals surface area contributed by atoms with E-state index < -0.39 is 0 Å². The Kier molecular flexibility index (Phi) is 6.50. The number of benzene rings is 2. The van der Waals surface area contributed by atoms with Gasteiger partial charge in [0.05, 0.1) is 36.9 Å². The molecule has 0 spiro atoms. The second-order valence-corrected chi connectivity index (χ2v) is 7.98. The molecule has 0 atom stereocenters. The highest BCUT2D eigenvalue weighted by Gasteiger charge is 2.09. The maximum absolute atomic E-state index is 13.0. The Morgan fingerprint density at radius 3 is 2.00 bits per heavy atom. The third kappa shape index (κ3) is 5.61. The van der Waals surface area contributed by atoms with E-state index >= 15 is 0 Å². The van der Waals surface area contributed by atoms with Crippen LogP contribution in [-0.2, 0) is 13.1 Å². The molecule has 2 aromatic carbocycles. The van der Waals surface area contributed by atoms with E-state index in [0.29, 0.717) is 28.2 Å². The Bertz CT molecular complexity index is 1180. The number of thiocarbonyl (C=S) groups is 1. The van der Waals surface area contributed by atoms with Crippen LogP contribution < -0.4 is 10.6 Å². The number of anilines is 2. The van der Waals surface area contributed by atoms with E-state index in [1.165, 1.54) is 12.1 Å². The summed E-state index contributed by atoms with van der Waals surface area (Å²) >= 11 is 17.8. The van der Waals surface area contributed by atoms with Gasteiger partial charge in [0.25, 0.3) is 0 Å². The van der Waals surface area contributed by atoms with Crippen LogP contribution in [0.3, 0.4) is 0 Å². The van der Waals surface area contributed by atoms with Crippen LogP contribution in [0.4, 0.5) is 15.8 Å². The summed E-state index contributed by atoms with van der Waals surface area (Å²) in [6.07, 6.45) is 6.96. The van der Waals surface area contributed by atoms with Gasteiger partial charge in [-0.05, 0) is 42.0 Å². The van der Waals surface area contributed by atoms with Gasteiger partial charge in [0, 0.05) is 28.0 Å². The molecular formula is C21H17Cl2FN6S. The van der Waals surface area contributed by atoms with Gasteiger partial charge in [0.2, 0.25) is 0 Å². The molecule has 0 aliphatic heterocycles. The van der Waals surface area contributed by atoms with Crippen molar-refractivity contribution in [1.82, 2.24) is 19.6 Å². The molecule has 2 heterocycles. The minimum Gasteiger partial charge on any atom is -0.330 e. The molecule has 0 fully saturated rings. The topological polar surface area (TPSA) is 59.7 Å². The first-order chi connectivity index (χ1) is 15.0. The number of hydrogen-bond acceptors (Lipinski definition) is 3. The quantitative estimate of drug-likeness (QED) is 0.364. The van der Waals surface area contributed by atoms with Crippen molar-refractivity contribution in [3.05, 3.63) is 94.2 Å². The molecule has 0 aliphatic rings. The fourth-order valence-corrected chi connectivity index (χ4v) is 3.70. The van der Waals surface area contributed by atoms with Gasteiger partial charge in [0.1, 0.15) is 5.82 Å². The van der Waals surface area contributed by atoms with E-state index in [2.05, 4.69) is 20.8 Å². The van der Waals surface area contributed by atoms with Gasteiger partial charge >= 0.3 is 0 Å². The lowest BCUT2D eigenvalue weighted by atomic mass is 10.2. The maximum Gasteiger partial charge on any atom is 0.175 e. The van der Waals surface area contributed by atoms with E-state index in [-0.39, 0.29) is 5.82 Å². The van der Waals surface area contributed by atoms with Crippen molar-refractivity contribution in [2.75, 3.05) is 10.6 Å². The van der Waals surface area contributed by atoms with Crippen LogP contribution in [0.5, 0.6) is 0 Å². The molecule has 0 unspecified atom stereocenters. The van der Waals surface area contributed by atoms with Gasteiger partial charge in [-0.15, -0.1) is 0 Å². The van der Waals surface area contributed by atoms with Crippen LogP contribution in [0, 0.1) is 5.82 Å². The fourth-order valence-electron chi connectivity index (χ4n) is 2.94. The van der Waals surface area contributed by atoms with Gasteiger partial charge in [-0.1, -0.05) is 41.4 Å². The summed E-state index contributed by atoms with van der Waals surface area (Å²) in [4.78, 5) is 0. The van der Waals surface area contributed by atoms with Gasteiger partial charge in [0.15, 0.2) is 5.11 Å². The molecule has 0 aliphatic carbocycles. The Hall–Kier alpha value is -2.94. The van der Waals surface area contributed by atoms with Crippen molar-refractivity contribution >= 4 is 51.9 Å². The molecule has 0 saturated carbocycles. The van der Waals surface area contributed by atoms with Crippen molar-refractivity contribution in [3.8, 4) is 0 Å². The zero-order chi connectivity index (χ0) is 21.8. The summed E-state index contributed by atoms with van der Waals surface area (Å²) in [6.45, 7) is 0.968. The molecule has 0 bridgehead atoms. The van der Waals surface area contributed by atoms with Gasteiger partial charge in [-0.3, -0.25) is 9.36 Å². The van der Waals surface area contributed by atoms with Crippen molar-refractivity contribution in [2.45, 2.75) is 13.1 Å². The predicted octanol–water partition coefficient (Wildman–Crippen LogP) is 5.43. The van der Waals surface area contributed by atoms with Gasteiger partial charge < -0.3 is 10.6 Å². The zero-order valence-electron chi connectivity index (χ0n) is 16.1. The minimum atomic E-state index is -0.263. The van der Waals surface area contributed by atoms with Crippen molar-refractivity contribution in [1.29, 1.82) is 0 Å². The summed E-state index contributed by atoms with van der Waals surface area (Å²) in [5.74, 6) is -0.263. The number of halogens is 3. The van der Waals surface area contributed by atoms with Crippen LogP contribution in [0.25, 0.3) is 0 Å². The van der Waals surface area contributed by atoms with Gasteiger partial charge in [-0.2, -0.15) is 10.2 Å². The molecule has 4 aromatic rings. The summed E-state index contributed by atoms with van der Waals surface area (Å²) in [5, 5.41) is 16.4. The Labute approximate surface area is 193 Å². The highest BCUT2D eigenvalue weighted by atomic mass is 35.5. The van der Waals surface area contributed by atoms with Crippen LogP contribution in [-0.4, -0.2) is 24.7 Å². The van der Waals surface area contributed by atoms with Crippen molar-refractivity contribution in [2.24, 2.45) is 0 Å². The monoisotopic (exact) mass is 474 g/mol. The molecule has 0 amide bonds. The lowest BCUT2D eigenvalue weighted by molar-refractivity contribution is 0.624. The largest absolute Gasteiger partial charge is 0.330 e. The molecule has 31 heavy (non-hydrogen) atoms. The second-order valence-electron chi connectivity index (χ2n) is 6.76. The molecule has 2 N–H and O–H groups in total. The molecule has 4 rings (SSSR count). The zero-order valence-corrected chi connectivity index (χ0v) is 18.4. The average Bonchev–Trinajstić information content (AvgIpc) is 3.36. The Morgan fingerprint density at radius 1 is 0.871 bits per heavy atom.